The molecule has 0 bridgehead atoms. The van der Waals surface area contributed by atoms with Crippen LogP contribution in [0.4, 0.5) is 4.39 Å². The van der Waals surface area contributed by atoms with Crippen molar-refractivity contribution in [2.24, 2.45) is 0 Å². The normalized spacial score (nSPS) is 10.4. The second-order valence-corrected chi connectivity index (χ2v) is 6.21. The van der Waals surface area contributed by atoms with Crippen molar-refractivity contribution in [1.29, 1.82) is 0 Å². The molecule has 0 saturated heterocycles. The molecule has 2 aromatic rings. The zero-order chi connectivity index (χ0) is 15.4. The van der Waals surface area contributed by atoms with E-state index in [0.29, 0.717) is 10.6 Å². The SMILES string of the molecule is CCSc1cccc(Oc2ccc(F)c(Br)c2)c1C(=O)O. The third-order valence-electron chi connectivity index (χ3n) is 2.62. The second kappa shape index (κ2) is 6.95. The van der Waals surface area contributed by atoms with Crippen LogP contribution in [0.15, 0.2) is 45.8 Å². The number of halogens is 2. The van der Waals surface area contributed by atoms with Crippen molar-refractivity contribution < 1.29 is 19.0 Å². The van der Waals surface area contributed by atoms with Crippen LogP contribution < -0.4 is 4.74 Å². The Morgan fingerprint density at radius 3 is 2.76 bits per heavy atom. The van der Waals surface area contributed by atoms with Gasteiger partial charge in [0.1, 0.15) is 22.9 Å². The fourth-order valence-corrected chi connectivity index (χ4v) is 2.93. The average molecular weight is 371 g/mol. The lowest BCUT2D eigenvalue weighted by molar-refractivity contribution is 0.0690. The van der Waals surface area contributed by atoms with Crippen LogP contribution in [0.2, 0.25) is 0 Å². The summed E-state index contributed by atoms with van der Waals surface area (Å²) in [4.78, 5) is 12.1. The fourth-order valence-electron chi connectivity index (χ4n) is 1.75. The van der Waals surface area contributed by atoms with Gasteiger partial charge >= 0.3 is 5.97 Å². The molecule has 2 aromatic carbocycles. The summed E-state index contributed by atoms with van der Waals surface area (Å²) in [6, 6.07) is 9.22. The number of benzene rings is 2. The van der Waals surface area contributed by atoms with Gasteiger partial charge in [-0.15, -0.1) is 11.8 Å². The van der Waals surface area contributed by atoms with Crippen LogP contribution in [-0.4, -0.2) is 16.8 Å². The largest absolute Gasteiger partial charge is 0.478 e. The van der Waals surface area contributed by atoms with Crippen molar-refractivity contribution in [1.82, 2.24) is 0 Å². The second-order valence-electron chi connectivity index (χ2n) is 4.05. The summed E-state index contributed by atoms with van der Waals surface area (Å²) in [5.41, 5.74) is 0.116. The first-order chi connectivity index (χ1) is 10.0. The highest BCUT2D eigenvalue weighted by atomic mass is 79.9. The Kier molecular flexibility index (Phi) is 5.25. The van der Waals surface area contributed by atoms with Crippen LogP contribution in [0.5, 0.6) is 11.5 Å². The van der Waals surface area contributed by atoms with Gasteiger partial charge in [0.15, 0.2) is 0 Å². The highest BCUT2D eigenvalue weighted by molar-refractivity contribution is 9.10. The first kappa shape index (κ1) is 15.9. The summed E-state index contributed by atoms with van der Waals surface area (Å²) < 4.78 is 19.1. The molecule has 0 amide bonds. The summed E-state index contributed by atoms with van der Waals surface area (Å²) in [5, 5.41) is 9.39. The molecule has 0 unspecified atom stereocenters. The molecule has 0 aliphatic rings. The Labute approximate surface area is 134 Å². The van der Waals surface area contributed by atoms with Crippen molar-refractivity contribution in [2.45, 2.75) is 11.8 Å². The zero-order valence-corrected chi connectivity index (χ0v) is 13.5. The van der Waals surface area contributed by atoms with Gasteiger partial charge in [0.05, 0.1) is 4.47 Å². The number of hydrogen-bond acceptors (Lipinski definition) is 3. The fraction of sp³-hybridized carbons (Fsp3) is 0.133. The minimum atomic E-state index is -1.05. The molecule has 0 heterocycles. The predicted octanol–water partition coefficient (Wildman–Crippen LogP) is 5.19. The van der Waals surface area contributed by atoms with Crippen LogP contribution in [0.1, 0.15) is 17.3 Å². The summed E-state index contributed by atoms with van der Waals surface area (Å²) in [5.74, 6) is -0.103. The molecule has 21 heavy (non-hydrogen) atoms. The third-order valence-corrected chi connectivity index (χ3v) is 4.17. The highest BCUT2D eigenvalue weighted by Gasteiger charge is 2.17. The number of aromatic carboxylic acids is 1. The Bertz CT molecular complexity index is 676. The van der Waals surface area contributed by atoms with Crippen LogP contribution in [-0.2, 0) is 0 Å². The lowest BCUT2D eigenvalue weighted by Gasteiger charge is -2.12. The maximum Gasteiger partial charge on any atom is 0.340 e. The van der Waals surface area contributed by atoms with Crippen LogP contribution >= 0.6 is 27.7 Å². The molecule has 0 fully saturated rings. The predicted molar refractivity (Wildman–Crippen MR) is 84.0 cm³/mol. The van der Waals surface area contributed by atoms with E-state index in [2.05, 4.69) is 15.9 Å². The van der Waals surface area contributed by atoms with E-state index in [0.717, 1.165) is 5.75 Å². The molecule has 0 aliphatic heterocycles. The smallest absolute Gasteiger partial charge is 0.340 e. The molecule has 6 heteroatoms. The number of hydrogen-bond donors (Lipinski definition) is 1. The minimum absolute atomic E-state index is 0.116. The van der Waals surface area contributed by atoms with E-state index >= 15 is 0 Å². The van der Waals surface area contributed by atoms with Gasteiger partial charge in [-0.05, 0) is 52.0 Å². The van der Waals surface area contributed by atoms with E-state index in [1.54, 1.807) is 18.2 Å². The van der Waals surface area contributed by atoms with E-state index in [-0.39, 0.29) is 15.8 Å². The van der Waals surface area contributed by atoms with Gasteiger partial charge in [-0.25, -0.2) is 9.18 Å². The van der Waals surface area contributed by atoms with Gasteiger partial charge < -0.3 is 9.84 Å². The van der Waals surface area contributed by atoms with Gasteiger partial charge in [0.2, 0.25) is 0 Å². The standard InChI is InChI=1S/C15H12BrFO3S/c1-2-21-13-5-3-4-12(14(13)15(18)19)20-9-6-7-11(17)10(16)8-9/h3-8H,2H2,1H3,(H,18,19). The summed E-state index contributed by atoms with van der Waals surface area (Å²) >= 11 is 4.50. The lowest BCUT2D eigenvalue weighted by atomic mass is 10.2. The van der Waals surface area contributed by atoms with E-state index in [4.69, 9.17) is 4.74 Å². The van der Waals surface area contributed by atoms with Crippen LogP contribution in [0, 0.1) is 5.82 Å². The molecule has 0 spiro atoms. The number of carboxylic acids is 1. The summed E-state index contributed by atoms with van der Waals surface area (Å²) in [6.07, 6.45) is 0. The first-order valence-corrected chi connectivity index (χ1v) is 7.92. The molecule has 1 N–H and O–H groups in total. The quantitative estimate of drug-likeness (QED) is 0.735. The first-order valence-electron chi connectivity index (χ1n) is 6.15. The van der Waals surface area contributed by atoms with E-state index in [9.17, 15) is 14.3 Å². The van der Waals surface area contributed by atoms with E-state index < -0.39 is 11.8 Å². The summed E-state index contributed by atoms with van der Waals surface area (Å²) in [6.45, 7) is 1.95. The van der Waals surface area contributed by atoms with Gasteiger partial charge in [0, 0.05) is 4.90 Å². The number of rotatable bonds is 5. The molecule has 0 saturated carbocycles. The average Bonchev–Trinajstić information content (AvgIpc) is 2.43. The third kappa shape index (κ3) is 3.77. The number of carboxylic acid groups (broad SMARTS) is 1. The monoisotopic (exact) mass is 370 g/mol. The van der Waals surface area contributed by atoms with Crippen molar-refractivity contribution in [3.05, 3.63) is 52.3 Å². The Morgan fingerprint density at radius 1 is 1.38 bits per heavy atom. The van der Waals surface area contributed by atoms with E-state index in [1.807, 2.05) is 6.92 Å². The molecule has 0 radical (unpaired) electrons. The van der Waals surface area contributed by atoms with E-state index in [1.165, 1.54) is 30.0 Å². The number of thioether (sulfide) groups is 1. The topological polar surface area (TPSA) is 46.5 Å². The number of carbonyl (C=O) groups is 1. The molecule has 0 aromatic heterocycles. The molecular weight excluding hydrogens is 359 g/mol. The molecule has 2 rings (SSSR count). The van der Waals surface area contributed by atoms with Gasteiger partial charge in [0.25, 0.3) is 0 Å². The Balaban J connectivity index is 2.41. The molecular formula is C15H12BrFO3S. The maximum atomic E-state index is 13.2. The van der Waals surface area contributed by atoms with Crippen molar-refractivity contribution in [2.75, 3.05) is 5.75 Å². The van der Waals surface area contributed by atoms with Gasteiger partial charge in [-0.1, -0.05) is 13.0 Å². The van der Waals surface area contributed by atoms with Gasteiger partial charge in [-0.3, -0.25) is 0 Å². The molecule has 0 aliphatic carbocycles. The highest BCUT2D eigenvalue weighted by Crippen LogP contribution is 2.34. The maximum absolute atomic E-state index is 13.2. The van der Waals surface area contributed by atoms with Crippen molar-refractivity contribution >= 4 is 33.7 Å². The Hall–Kier alpha value is -1.53. The Morgan fingerprint density at radius 2 is 2.14 bits per heavy atom. The zero-order valence-electron chi connectivity index (χ0n) is 11.1. The van der Waals surface area contributed by atoms with Gasteiger partial charge in [-0.2, -0.15) is 0 Å². The van der Waals surface area contributed by atoms with Crippen molar-refractivity contribution in [3.63, 3.8) is 0 Å². The number of ether oxygens (including phenoxy) is 1. The summed E-state index contributed by atoms with van der Waals surface area (Å²) in [7, 11) is 0. The van der Waals surface area contributed by atoms with Crippen LogP contribution in [0.3, 0.4) is 0 Å². The molecule has 0 atom stereocenters. The van der Waals surface area contributed by atoms with Crippen molar-refractivity contribution in [3.8, 4) is 11.5 Å². The minimum Gasteiger partial charge on any atom is -0.478 e. The van der Waals surface area contributed by atoms with Crippen LogP contribution in [0.25, 0.3) is 0 Å². The molecule has 110 valence electrons. The lowest BCUT2D eigenvalue weighted by Crippen LogP contribution is -2.02. The molecule has 3 nitrogen and oxygen atoms in total.